The molecule has 20 heavy (non-hydrogen) atoms. The Morgan fingerprint density at radius 3 is 2.55 bits per heavy atom. The summed E-state index contributed by atoms with van der Waals surface area (Å²) >= 11 is 0. The van der Waals surface area contributed by atoms with Gasteiger partial charge < -0.3 is 10.3 Å². The van der Waals surface area contributed by atoms with E-state index in [2.05, 4.69) is 27.4 Å². The van der Waals surface area contributed by atoms with Gasteiger partial charge in [-0.1, -0.05) is 31.4 Å². The molecule has 1 aliphatic rings. The van der Waals surface area contributed by atoms with Crippen molar-refractivity contribution in [2.75, 3.05) is 5.32 Å². The summed E-state index contributed by atoms with van der Waals surface area (Å²) < 4.78 is 0. The standard InChI is InChI=1S/C16H19N3O/c20-16(15-17-10-11-18-15)19-14-8-6-13(7-9-14)12-4-2-1-3-5-12/h6-12H,1-5H2,(H,17,18)(H,19,20). The van der Waals surface area contributed by atoms with Crippen LogP contribution in [0, 0.1) is 0 Å². The number of H-pyrrole nitrogens is 1. The maximum atomic E-state index is 11.9. The van der Waals surface area contributed by atoms with Crippen LogP contribution in [0.4, 0.5) is 5.69 Å². The Bertz CT molecular complexity index is 554. The molecule has 0 saturated heterocycles. The summed E-state index contributed by atoms with van der Waals surface area (Å²) in [6.45, 7) is 0. The predicted molar refractivity (Wildman–Crippen MR) is 78.8 cm³/mol. The van der Waals surface area contributed by atoms with Crippen molar-refractivity contribution in [3.63, 3.8) is 0 Å². The first-order valence-electron chi connectivity index (χ1n) is 7.23. The lowest BCUT2D eigenvalue weighted by atomic mass is 9.84. The number of imidazole rings is 1. The molecule has 1 heterocycles. The van der Waals surface area contributed by atoms with E-state index in [0.717, 1.165) is 5.69 Å². The highest BCUT2D eigenvalue weighted by Gasteiger charge is 2.15. The van der Waals surface area contributed by atoms with Crippen LogP contribution in [0.2, 0.25) is 0 Å². The first-order valence-corrected chi connectivity index (χ1v) is 7.23. The number of nitrogens with zero attached hydrogens (tertiary/aromatic N) is 1. The molecule has 3 rings (SSSR count). The summed E-state index contributed by atoms with van der Waals surface area (Å²) in [6.07, 6.45) is 9.83. The molecule has 0 aliphatic heterocycles. The van der Waals surface area contributed by atoms with Gasteiger partial charge in [-0.2, -0.15) is 0 Å². The summed E-state index contributed by atoms with van der Waals surface area (Å²) in [6, 6.07) is 8.22. The SMILES string of the molecule is O=C(Nc1ccc(C2CCCCC2)cc1)c1ncc[nH]1. The van der Waals surface area contributed by atoms with Crippen molar-refractivity contribution in [3.8, 4) is 0 Å². The first-order chi connectivity index (χ1) is 9.83. The van der Waals surface area contributed by atoms with Gasteiger partial charge in [0.15, 0.2) is 5.82 Å². The largest absolute Gasteiger partial charge is 0.341 e. The maximum Gasteiger partial charge on any atom is 0.291 e. The Hall–Kier alpha value is -2.10. The first kappa shape index (κ1) is 12.9. The third kappa shape index (κ3) is 2.90. The van der Waals surface area contributed by atoms with Crippen molar-refractivity contribution in [3.05, 3.63) is 48.0 Å². The van der Waals surface area contributed by atoms with Crippen LogP contribution in [0.15, 0.2) is 36.7 Å². The topological polar surface area (TPSA) is 57.8 Å². The van der Waals surface area contributed by atoms with E-state index in [1.807, 2.05) is 12.1 Å². The number of carbonyl (C=O) groups excluding carboxylic acids is 1. The molecule has 1 aromatic carbocycles. The van der Waals surface area contributed by atoms with Crippen molar-refractivity contribution >= 4 is 11.6 Å². The Balaban J connectivity index is 1.65. The Morgan fingerprint density at radius 2 is 1.90 bits per heavy atom. The highest BCUT2D eigenvalue weighted by Crippen LogP contribution is 2.32. The maximum absolute atomic E-state index is 11.9. The smallest absolute Gasteiger partial charge is 0.291 e. The number of carbonyl (C=O) groups is 1. The van der Waals surface area contributed by atoms with Crippen LogP contribution in [-0.4, -0.2) is 15.9 Å². The number of hydrogen-bond acceptors (Lipinski definition) is 2. The van der Waals surface area contributed by atoms with Crippen LogP contribution in [-0.2, 0) is 0 Å². The Kier molecular flexibility index (Phi) is 3.81. The van der Waals surface area contributed by atoms with Crippen molar-refractivity contribution in [1.29, 1.82) is 0 Å². The molecule has 0 unspecified atom stereocenters. The lowest BCUT2D eigenvalue weighted by Gasteiger charge is -2.22. The zero-order chi connectivity index (χ0) is 13.8. The van der Waals surface area contributed by atoms with Gasteiger partial charge in [0.1, 0.15) is 0 Å². The molecule has 1 amide bonds. The van der Waals surface area contributed by atoms with Crippen molar-refractivity contribution in [2.24, 2.45) is 0 Å². The number of amides is 1. The van der Waals surface area contributed by atoms with E-state index in [4.69, 9.17) is 0 Å². The highest BCUT2D eigenvalue weighted by atomic mass is 16.2. The highest BCUT2D eigenvalue weighted by molar-refractivity contribution is 6.01. The minimum Gasteiger partial charge on any atom is -0.341 e. The van der Waals surface area contributed by atoms with E-state index >= 15 is 0 Å². The van der Waals surface area contributed by atoms with Crippen molar-refractivity contribution < 1.29 is 4.79 Å². The van der Waals surface area contributed by atoms with Crippen LogP contribution >= 0.6 is 0 Å². The van der Waals surface area contributed by atoms with Gasteiger partial charge in [0.2, 0.25) is 0 Å². The second-order valence-corrected chi connectivity index (χ2v) is 5.35. The number of hydrogen-bond donors (Lipinski definition) is 2. The summed E-state index contributed by atoms with van der Waals surface area (Å²) in [4.78, 5) is 18.6. The molecule has 0 spiro atoms. The molecule has 0 radical (unpaired) electrons. The number of benzene rings is 1. The fourth-order valence-corrected chi connectivity index (χ4v) is 2.85. The second-order valence-electron chi connectivity index (χ2n) is 5.35. The minimum atomic E-state index is -0.208. The van der Waals surface area contributed by atoms with E-state index in [1.165, 1.54) is 37.7 Å². The quantitative estimate of drug-likeness (QED) is 0.892. The van der Waals surface area contributed by atoms with Crippen molar-refractivity contribution in [1.82, 2.24) is 9.97 Å². The van der Waals surface area contributed by atoms with Gasteiger partial charge in [0.05, 0.1) is 0 Å². The monoisotopic (exact) mass is 269 g/mol. The molecule has 104 valence electrons. The van der Waals surface area contributed by atoms with Gasteiger partial charge in [-0.05, 0) is 36.5 Å². The van der Waals surface area contributed by atoms with Crippen LogP contribution in [0.25, 0.3) is 0 Å². The van der Waals surface area contributed by atoms with Gasteiger partial charge >= 0.3 is 0 Å². The fraction of sp³-hybridized carbons (Fsp3) is 0.375. The Morgan fingerprint density at radius 1 is 1.15 bits per heavy atom. The molecule has 1 aliphatic carbocycles. The van der Waals surface area contributed by atoms with Gasteiger partial charge in [-0.25, -0.2) is 4.98 Å². The number of rotatable bonds is 3. The zero-order valence-electron chi connectivity index (χ0n) is 11.4. The average Bonchev–Trinajstić information content (AvgIpc) is 3.03. The van der Waals surface area contributed by atoms with E-state index in [-0.39, 0.29) is 5.91 Å². The van der Waals surface area contributed by atoms with Gasteiger partial charge in [0.25, 0.3) is 5.91 Å². The van der Waals surface area contributed by atoms with E-state index in [1.54, 1.807) is 12.4 Å². The summed E-state index contributed by atoms with van der Waals surface area (Å²) in [5.41, 5.74) is 2.20. The third-order valence-corrected chi connectivity index (χ3v) is 3.96. The zero-order valence-corrected chi connectivity index (χ0v) is 11.4. The molecule has 2 N–H and O–H groups in total. The van der Waals surface area contributed by atoms with E-state index in [9.17, 15) is 4.79 Å². The summed E-state index contributed by atoms with van der Waals surface area (Å²) in [5, 5.41) is 2.84. The normalized spacial score (nSPS) is 16.0. The number of aromatic amines is 1. The van der Waals surface area contributed by atoms with Crippen molar-refractivity contribution in [2.45, 2.75) is 38.0 Å². The lowest BCUT2D eigenvalue weighted by molar-refractivity contribution is 0.101. The molecule has 1 saturated carbocycles. The number of nitrogens with one attached hydrogen (secondary N) is 2. The fourth-order valence-electron chi connectivity index (χ4n) is 2.85. The Labute approximate surface area is 118 Å². The predicted octanol–water partition coefficient (Wildman–Crippen LogP) is 3.71. The van der Waals surface area contributed by atoms with E-state index in [0.29, 0.717) is 11.7 Å². The molecule has 2 aromatic rings. The van der Waals surface area contributed by atoms with Gasteiger partial charge in [-0.3, -0.25) is 4.79 Å². The van der Waals surface area contributed by atoms with Crippen LogP contribution < -0.4 is 5.32 Å². The molecule has 1 fully saturated rings. The molecule has 4 nitrogen and oxygen atoms in total. The molecular weight excluding hydrogens is 250 g/mol. The molecular formula is C16H19N3O. The molecule has 0 bridgehead atoms. The van der Waals surface area contributed by atoms with Gasteiger partial charge in [-0.15, -0.1) is 0 Å². The number of anilines is 1. The van der Waals surface area contributed by atoms with E-state index < -0.39 is 0 Å². The van der Waals surface area contributed by atoms with Gasteiger partial charge in [0, 0.05) is 18.1 Å². The lowest BCUT2D eigenvalue weighted by Crippen LogP contribution is -2.13. The van der Waals surface area contributed by atoms with Crippen LogP contribution in [0.3, 0.4) is 0 Å². The average molecular weight is 269 g/mol. The number of aromatic nitrogens is 2. The second kappa shape index (κ2) is 5.90. The molecule has 4 heteroatoms. The molecule has 1 aromatic heterocycles. The van der Waals surface area contributed by atoms with Crippen LogP contribution in [0.5, 0.6) is 0 Å². The third-order valence-electron chi connectivity index (χ3n) is 3.96. The summed E-state index contributed by atoms with van der Waals surface area (Å²) in [7, 11) is 0. The minimum absolute atomic E-state index is 0.208. The van der Waals surface area contributed by atoms with Crippen LogP contribution in [0.1, 0.15) is 54.2 Å². The molecule has 0 atom stereocenters. The summed E-state index contributed by atoms with van der Waals surface area (Å²) in [5.74, 6) is 0.820.